The number of allylic oxidation sites excluding steroid dienone is 1. The summed E-state index contributed by atoms with van der Waals surface area (Å²) in [4.78, 5) is 93.8. The van der Waals surface area contributed by atoms with Crippen LogP contribution in [0, 0.1) is 55.2 Å². The van der Waals surface area contributed by atoms with Crippen LogP contribution in [0.4, 0.5) is 22.7 Å². The predicted molar refractivity (Wildman–Crippen MR) is 146 cm³/mol. The van der Waals surface area contributed by atoms with Gasteiger partial charge in [0.15, 0.2) is 0 Å². The Morgan fingerprint density at radius 3 is 1.60 bits per heavy atom. The summed E-state index contributed by atoms with van der Waals surface area (Å²) < 4.78 is 5.32. The van der Waals surface area contributed by atoms with Crippen LogP contribution < -0.4 is 9.80 Å². The summed E-state index contributed by atoms with van der Waals surface area (Å²) in [6.45, 7) is 4.53. The molecule has 0 radical (unpaired) electrons. The number of carbonyl (C=O) groups excluding carboxylic acids is 5. The Bertz CT molecular complexity index is 1630. The van der Waals surface area contributed by atoms with Crippen LogP contribution in [0.3, 0.4) is 0 Å². The highest BCUT2D eigenvalue weighted by molar-refractivity contribution is 6.28. The van der Waals surface area contributed by atoms with E-state index < -0.39 is 85.8 Å². The number of anilines is 2. The van der Waals surface area contributed by atoms with Gasteiger partial charge in [-0.25, -0.2) is 14.6 Å². The summed E-state index contributed by atoms with van der Waals surface area (Å²) in [5.41, 5.74) is -3.01. The van der Waals surface area contributed by atoms with Gasteiger partial charge in [-0.05, 0) is 26.0 Å². The number of benzene rings is 2. The van der Waals surface area contributed by atoms with Crippen LogP contribution in [-0.2, 0) is 28.7 Å². The highest BCUT2D eigenvalue weighted by Crippen LogP contribution is 2.69. The van der Waals surface area contributed by atoms with E-state index in [-0.39, 0.29) is 23.6 Å². The Kier molecular flexibility index (Phi) is 6.08. The molecule has 43 heavy (non-hydrogen) atoms. The zero-order chi connectivity index (χ0) is 31.1. The van der Waals surface area contributed by atoms with Crippen LogP contribution in [0.15, 0.2) is 59.7 Å². The lowest BCUT2D eigenvalue weighted by Gasteiger charge is -2.55. The fraction of sp³-hybridized carbons (Fsp3) is 0.345. The highest BCUT2D eigenvalue weighted by Gasteiger charge is 2.77. The fourth-order valence-electron chi connectivity index (χ4n) is 7.90. The first-order valence-corrected chi connectivity index (χ1v) is 13.5. The minimum absolute atomic E-state index is 0.0158. The summed E-state index contributed by atoms with van der Waals surface area (Å²) in [6.07, 6.45) is 0. The van der Waals surface area contributed by atoms with E-state index in [0.29, 0.717) is 5.57 Å². The monoisotopic (exact) mass is 588 g/mol. The zero-order valence-corrected chi connectivity index (χ0v) is 23.1. The molecule has 0 N–H and O–H groups in total. The van der Waals surface area contributed by atoms with Gasteiger partial charge >= 0.3 is 5.97 Å². The second-order valence-corrected chi connectivity index (χ2v) is 11.1. The lowest BCUT2D eigenvalue weighted by Crippen LogP contribution is -2.61. The summed E-state index contributed by atoms with van der Waals surface area (Å²) in [5, 5.41) is 23.6. The van der Waals surface area contributed by atoms with Crippen LogP contribution in [0.1, 0.15) is 20.8 Å². The van der Waals surface area contributed by atoms with E-state index in [1.807, 2.05) is 0 Å². The van der Waals surface area contributed by atoms with E-state index in [4.69, 9.17) is 4.74 Å². The van der Waals surface area contributed by atoms with Gasteiger partial charge in [-0.15, -0.1) is 0 Å². The molecule has 14 nitrogen and oxygen atoms in total. The van der Waals surface area contributed by atoms with Crippen LogP contribution in [0.2, 0.25) is 0 Å². The van der Waals surface area contributed by atoms with E-state index in [1.54, 1.807) is 13.8 Å². The molecule has 220 valence electrons. The highest BCUT2D eigenvalue weighted by atomic mass is 16.6. The fourth-order valence-corrected chi connectivity index (χ4v) is 7.90. The number of amides is 4. The van der Waals surface area contributed by atoms with Crippen molar-refractivity contribution in [3.05, 3.63) is 79.9 Å². The topological polar surface area (TPSA) is 187 Å². The third-order valence-corrected chi connectivity index (χ3v) is 9.32. The molecular weight excluding hydrogens is 564 g/mol. The van der Waals surface area contributed by atoms with Crippen LogP contribution in [-0.4, -0.2) is 46.1 Å². The molecule has 2 aromatic carbocycles. The SMILES string of the molecule is CCOC(=O)C1=C(C)C2[C@H]3C(=O)N(c4ccccc4[N+](=O)[O-])C(=O)[C@@H]3C1(C)[C@@H]1C(=O)N(c3ccccc3[N+](=O)[O-])C(=O)[C@@H]21. The minimum Gasteiger partial charge on any atom is -0.463 e. The third kappa shape index (κ3) is 3.43. The number of hydrogen-bond donors (Lipinski definition) is 0. The van der Waals surface area contributed by atoms with Gasteiger partial charge in [-0.1, -0.05) is 36.8 Å². The molecule has 2 bridgehead atoms. The average molecular weight is 589 g/mol. The Morgan fingerprint density at radius 2 is 1.21 bits per heavy atom. The van der Waals surface area contributed by atoms with Crippen molar-refractivity contribution in [1.29, 1.82) is 0 Å². The molecule has 5 aliphatic rings. The lowest BCUT2D eigenvalue weighted by molar-refractivity contribution is -0.384. The van der Waals surface area contributed by atoms with Gasteiger partial charge < -0.3 is 4.74 Å². The van der Waals surface area contributed by atoms with Crippen molar-refractivity contribution in [3.8, 4) is 0 Å². The molecular formula is C29H24N4O10. The van der Waals surface area contributed by atoms with Crippen molar-refractivity contribution in [2.24, 2.45) is 35.0 Å². The maximum Gasteiger partial charge on any atom is 0.334 e. The maximum absolute atomic E-state index is 14.2. The van der Waals surface area contributed by atoms with E-state index >= 15 is 0 Å². The van der Waals surface area contributed by atoms with Crippen molar-refractivity contribution < 1.29 is 38.6 Å². The number of hydrogen-bond acceptors (Lipinski definition) is 10. The number of esters is 1. The van der Waals surface area contributed by atoms with Gasteiger partial charge in [0.25, 0.3) is 11.4 Å². The molecule has 2 saturated heterocycles. The van der Waals surface area contributed by atoms with Crippen molar-refractivity contribution >= 4 is 52.3 Å². The molecule has 3 aliphatic carbocycles. The normalized spacial score (nSPS) is 29.2. The molecule has 2 aliphatic heterocycles. The van der Waals surface area contributed by atoms with Gasteiger partial charge in [0.05, 0.1) is 40.1 Å². The standard InChI is InChI=1S/C29H24N4O10/c1-4-43-28(38)21-13(2)18-19-22(26(36)30(24(19)34)14-9-5-7-11-16(14)32(39)40)29(21,3)23-20(18)25(35)31(27(23)37)15-10-6-8-12-17(15)33(41)42/h5-12,18-20,22-23H,4H2,1-3H3/t18?,19-,20+,22-,23+,29?. The number of nitrogens with zero attached hydrogens (tertiary/aromatic N) is 4. The zero-order valence-electron chi connectivity index (χ0n) is 23.1. The number of nitro benzene ring substituents is 2. The number of nitro groups is 2. The Morgan fingerprint density at radius 1 is 0.791 bits per heavy atom. The molecule has 1 saturated carbocycles. The molecule has 3 fully saturated rings. The second-order valence-electron chi connectivity index (χ2n) is 11.1. The number of carbonyl (C=O) groups is 5. The van der Waals surface area contributed by atoms with E-state index in [1.165, 1.54) is 43.3 Å². The second kappa shape index (κ2) is 9.37. The largest absolute Gasteiger partial charge is 0.463 e. The van der Waals surface area contributed by atoms with Crippen molar-refractivity contribution in [1.82, 2.24) is 0 Å². The molecule has 4 amide bonds. The molecule has 0 spiro atoms. The Hall–Kier alpha value is -5.27. The van der Waals surface area contributed by atoms with Gasteiger partial charge in [-0.2, -0.15) is 0 Å². The predicted octanol–water partition coefficient (Wildman–Crippen LogP) is 2.94. The van der Waals surface area contributed by atoms with E-state index in [9.17, 15) is 44.2 Å². The van der Waals surface area contributed by atoms with E-state index in [0.717, 1.165) is 21.9 Å². The number of rotatable bonds is 6. The number of para-hydroxylation sites is 4. The third-order valence-electron chi connectivity index (χ3n) is 9.32. The van der Waals surface area contributed by atoms with Gasteiger partial charge in [0, 0.05) is 29.0 Å². The summed E-state index contributed by atoms with van der Waals surface area (Å²) in [7, 11) is 0. The summed E-state index contributed by atoms with van der Waals surface area (Å²) in [5.74, 6) is -10.4. The first-order chi connectivity index (χ1) is 20.4. The van der Waals surface area contributed by atoms with Crippen LogP contribution in [0.5, 0.6) is 0 Å². The van der Waals surface area contributed by atoms with Crippen molar-refractivity contribution in [3.63, 3.8) is 0 Å². The first-order valence-electron chi connectivity index (χ1n) is 13.5. The Balaban J connectivity index is 1.57. The van der Waals surface area contributed by atoms with Crippen LogP contribution in [0.25, 0.3) is 0 Å². The molecule has 14 heteroatoms. The van der Waals surface area contributed by atoms with Gasteiger partial charge in [-0.3, -0.25) is 39.4 Å². The van der Waals surface area contributed by atoms with Crippen molar-refractivity contribution in [2.75, 3.05) is 16.4 Å². The molecule has 2 heterocycles. The molecule has 7 rings (SSSR count). The smallest absolute Gasteiger partial charge is 0.334 e. The number of imide groups is 2. The van der Waals surface area contributed by atoms with Crippen LogP contribution >= 0.6 is 0 Å². The van der Waals surface area contributed by atoms with Crippen molar-refractivity contribution in [2.45, 2.75) is 20.8 Å². The van der Waals surface area contributed by atoms with Gasteiger partial charge in [0.2, 0.25) is 23.6 Å². The number of ether oxygens (including phenoxy) is 1. The lowest BCUT2D eigenvalue weighted by atomic mass is 9.43. The molecule has 2 unspecified atom stereocenters. The quantitative estimate of drug-likeness (QED) is 0.210. The van der Waals surface area contributed by atoms with Gasteiger partial charge in [0.1, 0.15) is 11.4 Å². The molecule has 2 aromatic rings. The first kappa shape index (κ1) is 27.9. The van der Waals surface area contributed by atoms with E-state index in [2.05, 4.69) is 0 Å². The molecule has 6 atom stereocenters. The summed E-state index contributed by atoms with van der Waals surface area (Å²) >= 11 is 0. The summed E-state index contributed by atoms with van der Waals surface area (Å²) in [6, 6.07) is 10.4. The average Bonchev–Trinajstić information content (AvgIpc) is 3.39. The minimum atomic E-state index is -1.77. The maximum atomic E-state index is 14.2. The molecule has 0 aromatic heterocycles. The Labute approximate surface area is 243 Å².